The van der Waals surface area contributed by atoms with Crippen molar-refractivity contribution in [1.29, 1.82) is 0 Å². The van der Waals surface area contributed by atoms with E-state index in [0.29, 0.717) is 31.3 Å². The largest absolute Gasteiger partial charge is 0.481 e. The van der Waals surface area contributed by atoms with Crippen LogP contribution in [0, 0.1) is 19.7 Å². The molecule has 0 saturated carbocycles. The van der Waals surface area contributed by atoms with Gasteiger partial charge in [0.15, 0.2) is 24.0 Å². The van der Waals surface area contributed by atoms with Crippen LogP contribution in [0.25, 0.3) is 0 Å². The number of rotatable bonds is 4. The van der Waals surface area contributed by atoms with Crippen molar-refractivity contribution in [2.24, 2.45) is 0 Å². The highest BCUT2D eigenvalue weighted by Crippen LogP contribution is 2.23. The second-order valence-corrected chi connectivity index (χ2v) is 6.24. The van der Waals surface area contributed by atoms with E-state index in [0.717, 1.165) is 5.56 Å². The van der Waals surface area contributed by atoms with Gasteiger partial charge in [0.2, 0.25) is 5.89 Å². The van der Waals surface area contributed by atoms with E-state index in [-0.39, 0.29) is 24.3 Å². The molecule has 0 spiro atoms. The molecule has 0 bridgehead atoms. The van der Waals surface area contributed by atoms with Crippen molar-refractivity contribution in [3.63, 3.8) is 0 Å². The van der Waals surface area contributed by atoms with E-state index in [2.05, 4.69) is 15.0 Å². The van der Waals surface area contributed by atoms with E-state index in [1.54, 1.807) is 24.0 Å². The van der Waals surface area contributed by atoms with E-state index in [1.807, 2.05) is 14.0 Å². The van der Waals surface area contributed by atoms with E-state index < -0.39 is 5.82 Å². The lowest BCUT2D eigenvalue weighted by atomic mass is 10.1. The second kappa shape index (κ2) is 7.18. The summed E-state index contributed by atoms with van der Waals surface area (Å²) in [7, 11) is 1.95. The van der Waals surface area contributed by atoms with Crippen molar-refractivity contribution >= 4 is 5.91 Å². The third-order valence-electron chi connectivity index (χ3n) is 4.27. The normalized spacial score (nSPS) is 18.4. The summed E-state index contributed by atoms with van der Waals surface area (Å²) in [4.78, 5) is 20.5. The summed E-state index contributed by atoms with van der Waals surface area (Å²) in [6.07, 6.45) is 0. The van der Waals surface area contributed by atoms with Gasteiger partial charge in [-0.25, -0.2) is 4.39 Å². The number of amides is 1. The minimum absolute atomic E-state index is 0.0894. The molecule has 1 aliphatic rings. The monoisotopic (exact) mass is 348 g/mol. The molecule has 1 atom stereocenters. The van der Waals surface area contributed by atoms with Gasteiger partial charge in [-0.05, 0) is 38.6 Å². The summed E-state index contributed by atoms with van der Waals surface area (Å²) in [6.45, 7) is 5.06. The minimum atomic E-state index is -0.476. The van der Waals surface area contributed by atoms with Crippen LogP contribution in [0.3, 0.4) is 0 Å². The van der Waals surface area contributed by atoms with Crippen molar-refractivity contribution in [2.45, 2.75) is 19.9 Å². The Morgan fingerprint density at radius 3 is 2.92 bits per heavy atom. The fraction of sp³-hybridized carbons (Fsp3) is 0.471. The standard InChI is InChI=1S/C17H21FN4O3/c1-11-4-5-13(18)15(8-11)24-10-16(23)22-7-6-21(3)14(9-22)17-19-12(2)20-25-17/h4-5,8,14H,6-7,9-10H2,1-3H3/t14-/m1/s1. The van der Waals surface area contributed by atoms with Crippen LogP contribution in [-0.2, 0) is 4.79 Å². The molecule has 2 aromatic rings. The Bertz CT molecular complexity index is 764. The zero-order chi connectivity index (χ0) is 18.0. The SMILES string of the molecule is Cc1ccc(F)c(OCC(=O)N2CCN(C)[C@@H](c3nc(C)no3)C2)c1. The maximum Gasteiger partial charge on any atom is 0.260 e. The zero-order valence-electron chi connectivity index (χ0n) is 14.5. The molecule has 1 fully saturated rings. The number of benzene rings is 1. The lowest BCUT2D eigenvalue weighted by molar-refractivity contribution is -0.136. The minimum Gasteiger partial charge on any atom is -0.481 e. The Kier molecular flexibility index (Phi) is 4.98. The van der Waals surface area contributed by atoms with Gasteiger partial charge in [-0.3, -0.25) is 9.69 Å². The topological polar surface area (TPSA) is 71.7 Å². The molecule has 0 aliphatic carbocycles. The quantitative estimate of drug-likeness (QED) is 0.838. The van der Waals surface area contributed by atoms with Crippen LogP contribution in [0.15, 0.2) is 22.7 Å². The van der Waals surface area contributed by atoms with Gasteiger partial charge >= 0.3 is 0 Å². The summed E-state index contributed by atoms with van der Waals surface area (Å²) in [5.41, 5.74) is 0.871. The van der Waals surface area contributed by atoms with Crippen LogP contribution in [-0.4, -0.2) is 59.1 Å². The number of carbonyl (C=O) groups is 1. The number of likely N-dealkylation sites (N-methyl/N-ethyl adjacent to an activating group) is 1. The number of halogens is 1. The van der Waals surface area contributed by atoms with Crippen molar-refractivity contribution in [3.8, 4) is 5.75 Å². The van der Waals surface area contributed by atoms with Crippen molar-refractivity contribution < 1.29 is 18.4 Å². The summed E-state index contributed by atoms with van der Waals surface area (Å²) < 4.78 is 24.3. The average Bonchev–Trinajstić information content (AvgIpc) is 3.02. The number of ether oxygens (including phenoxy) is 1. The molecule has 1 aromatic heterocycles. The van der Waals surface area contributed by atoms with Gasteiger partial charge in [0.1, 0.15) is 6.04 Å². The third kappa shape index (κ3) is 3.96. The molecule has 0 radical (unpaired) electrons. The summed E-state index contributed by atoms with van der Waals surface area (Å²) in [6, 6.07) is 4.41. The molecule has 1 saturated heterocycles. The fourth-order valence-electron chi connectivity index (χ4n) is 2.77. The Balaban J connectivity index is 1.63. The van der Waals surface area contributed by atoms with E-state index in [1.165, 1.54) is 6.07 Å². The van der Waals surface area contributed by atoms with Crippen LogP contribution < -0.4 is 4.74 Å². The molecule has 3 rings (SSSR count). The Morgan fingerprint density at radius 2 is 2.20 bits per heavy atom. The van der Waals surface area contributed by atoms with Crippen LogP contribution in [0.1, 0.15) is 23.3 Å². The Labute approximate surface area is 145 Å². The molecule has 0 unspecified atom stereocenters. The maximum absolute atomic E-state index is 13.7. The summed E-state index contributed by atoms with van der Waals surface area (Å²) in [5, 5.41) is 3.81. The van der Waals surface area contributed by atoms with Gasteiger partial charge in [-0.1, -0.05) is 11.2 Å². The lowest BCUT2D eigenvalue weighted by Crippen LogP contribution is -2.50. The van der Waals surface area contributed by atoms with E-state index in [9.17, 15) is 9.18 Å². The molecular formula is C17H21FN4O3. The van der Waals surface area contributed by atoms with Gasteiger partial charge in [0.25, 0.3) is 5.91 Å². The van der Waals surface area contributed by atoms with Gasteiger partial charge in [-0.2, -0.15) is 4.98 Å². The van der Waals surface area contributed by atoms with Gasteiger partial charge in [0, 0.05) is 19.6 Å². The van der Waals surface area contributed by atoms with Crippen molar-refractivity contribution in [1.82, 2.24) is 19.9 Å². The van der Waals surface area contributed by atoms with Crippen molar-refractivity contribution in [3.05, 3.63) is 41.3 Å². The fourth-order valence-corrected chi connectivity index (χ4v) is 2.77. The first-order valence-electron chi connectivity index (χ1n) is 8.11. The smallest absolute Gasteiger partial charge is 0.260 e. The highest BCUT2D eigenvalue weighted by atomic mass is 19.1. The van der Waals surface area contributed by atoms with E-state index in [4.69, 9.17) is 9.26 Å². The number of carbonyl (C=O) groups excluding carboxylic acids is 1. The number of aryl methyl sites for hydroxylation is 2. The van der Waals surface area contributed by atoms with Gasteiger partial charge < -0.3 is 14.2 Å². The molecule has 8 heteroatoms. The molecule has 1 amide bonds. The predicted molar refractivity (Wildman–Crippen MR) is 87.6 cm³/mol. The third-order valence-corrected chi connectivity index (χ3v) is 4.27. The van der Waals surface area contributed by atoms with E-state index >= 15 is 0 Å². The molecular weight excluding hydrogens is 327 g/mol. The number of piperazine rings is 1. The zero-order valence-corrected chi connectivity index (χ0v) is 14.5. The number of hydrogen-bond acceptors (Lipinski definition) is 6. The molecule has 134 valence electrons. The number of nitrogens with zero attached hydrogens (tertiary/aromatic N) is 4. The predicted octanol–water partition coefficient (Wildman–Crippen LogP) is 1.72. The Morgan fingerprint density at radius 1 is 1.40 bits per heavy atom. The maximum atomic E-state index is 13.7. The van der Waals surface area contributed by atoms with Crippen LogP contribution in [0.5, 0.6) is 5.75 Å². The Hall–Kier alpha value is -2.48. The first-order chi connectivity index (χ1) is 11.9. The highest BCUT2D eigenvalue weighted by Gasteiger charge is 2.32. The summed E-state index contributed by atoms with van der Waals surface area (Å²) >= 11 is 0. The second-order valence-electron chi connectivity index (χ2n) is 6.24. The number of aromatic nitrogens is 2. The first-order valence-corrected chi connectivity index (χ1v) is 8.11. The average molecular weight is 348 g/mol. The summed E-state index contributed by atoms with van der Waals surface area (Å²) in [5.74, 6) is 0.464. The number of hydrogen-bond donors (Lipinski definition) is 0. The van der Waals surface area contributed by atoms with Crippen LogP contribution in [0.4, 0.5) is 4.39 Å². The molecule has 25 heavy (non-hydrogen) atoms. The van der Waals surface area contributed by atoms with Crippen LogP contribution >= 0.6 is 0 Å². The van der Waals surface area contributed by atoms with Gasteiger partial charge in [-0.15, -0.1) is 0 Å². The van der Waals surface area contributed by atoms with Crippen LogP contribution in [0.2, 0.25) is 0 Å². The first kappa shape index (κ1) is 17.3. The lowest BCUT2D eigenvalue weighted by Gasteiger charge is -2.37. The molecule has 2 heterocycles. The van der Waals surface area contributed by atoms with Crippen molar-refractivity contribution in [2.75, 3.05) is 33.3 Å². The molecule has 1 aliphatic heterocycles. The molecule has 1 aromatic carbocycles. The van der Waals surface area contributed by atoms with Gasteiger partial charge in [0.05, 0.1) is 0 Å². The molecule has 7 nitrogen and oxygen atoms in total. The molecule has 0 N–H and O–H groups in total. The highest BCUT2D eigenvalue weighted by molar-refractivity contribution is 5.78.